The second-order valence-electron chi connectivity index (χ2n) is 15.6. The van der Waals surface area contributed by atoms with Crippen LogP contribution >= 0.6 is 0 Å². The average Bonchev–Trinajstić information content (AvgIpc) is 3.33. The third-order valence-corrected chi connectivity index (χ3v) is 11.9. The molecular weight excluding hydrogens is 759 g/mol. The van der Waals surface area contributed by atoms with Crippen LogP contribution in [0.4, 0.5) is 28.4 Å². The Hall–Kier alpha value is -8.33. The van der Waals surface area contributed by atoms with Gasteiger partial charge < -0.3 is 19.3 Å². The van der Waals surface area contributed by atoms with Crippen molar-refractivity contribution in [3.63, 3.8) is 0 Å². The molecule has 0 fully saturated rings. The SMILES string of the molecule is C/C(=C\C=C1/COc2ccc3c4c(ccc1c24)Oc1cc(N(c2ccccc2)c2ccc(C#N)cc2-c2ccccc2)ccc1-3)N(c1ccccc1)c1ccc2ccccc2c1. The molecule has 0 unspecified atom stereocenters. The Balaban J connectivity index is 0.989. The molecule has 0 bridgehead atoms. The highest BCUT2D eigenvalue weighted by Crippen LogP contribution is 2.53. The van der Waals surface area contributed by atoms with E-state index in [1.54, 1.807) is 0 Å². The zero-order chi connectivity index (χ0) is 41.6. The first kappa shape index (κ1) is 36.7. The maximum atomic E-state index is 9.89. The van der Waals surface area contributed by atoms with Crippen molar-refractivity contribution in [3.05, 3.63) is 223 Å². The predicted octanol–water partition coefficient (Wildman–Crippen LogP) is 15.3. The first-order valence-electron chi connectivity index (χ1n) is 20.8. The van der Waals surface area contributed by atoms with Crippen LogP contribution in [-0.2, 0) is 0 Å². The van der Waals surface area contributed by atoms with Crippen LogP contribution in [0, 0.1) is 11.3 Å². The number of para-hydroxylation sites is 2. The second-order valence-corrected chi connectivity index (χ2v) is 15.6. The van der Waals surface area contributed by atoms with E-state index in [1.165, 1.54) is 10.8 Å². The van der Waals surface area contributed by atoms with Crippen molar-refractivity contribution in [3.8, 4) is 45.6 Å². The van der Waals surface area contributed by atoms with E-state index in [2.05, 4.69) is 174 Å². The zero-order valence-corrected chi connectivity index (χ0v) is 34.0. The summed E-state index contributed by atoms with van der Waals surface area (Å²) in [5.74, 6) is 2.42. The van der Waals surface area contributed by atoms with Gasteiger partial charge in [0.05, 0.1) is 17.3 Å². The molecule has 5 nitrogen and oxygen atoms in total. The smallest absolute Gasteiger partial charge is 0.137 e. The normalized spacial score (nSPS) is 13.2. The lowest BCUT2D eigenvalue weighted by molar-refractivity contribution is 0.369. The van der Waals surface area contributed by atoms with Crippen molar-refractivity contribution in [2.45, 2.75) is 6.92 Å². The number of nitriles is 1. The topological polar surface area (TPSA) is 48.7 Å². The molecule has 0 aliphatic carbocycles. The summed E-state index contributed by atoms with van der Waals surface area (Å²) in [6.07, 6.45) is 4.40. The lowest BCUT2D eigenvalue weighted by Crippen LogP contribution is -2.14. The summed E-state index contributed by atoms with van der Waals surface area (Å²) in [4.78, 5) is 4.54. The van der Waals surface area contributed by atoms with Crippen LogP contribution < -0.4 is 19.3 Å². The Bertz CT molecular complexity index is 3300. The summed E-state index contributed by atoms with van der Waals surface area (Å²) in [7, 11) is 0. The standard InChI is InChI=1S/C57H39N3O2/c1-38(59(44-17-7-3-8-18-44)46-25-24-40-13-11-12-16-42(40)34-46)21-23-43-37-61-53-31-29-50-49-27-26-47(35-55(49)62-54-32-28-48(43)56(53)57(50)54)60(45-19-9-4-10-20-45)52-30-22-39(36-58)33-51(52)41-14-5-2-6-15-41/h2-35H,37H2,1H3/b38-21+,43-23+. The van der Waals surface area contributed by atoms with E-state index in [0.29, 0.717) is 12.2 Å². The Morgan fingerprint density at radius 1 is 0.532 bits per heavy atom. The third-order valence-electron chi connectivity index (χ3n) is 11.9. The first-order valence-corrected chi connectivity index (χ1v) is 20.8. The van der Waals surface area contributed by atoms with Crippen molar-refractivity contribution in [1.82, 2.24) is 0 Å². The number of fused-ring (bicyclic) bond motifs is 3. The maximum Gasteiger partial charge on any atom is 0.137 e. The highest BCUT2D eigenvalue weighted by Gasteiger charge is 2.28. The van der Waals surface area contributed by atoms with Gasteiger partial charge in [-0.1, -0.05) is 109 Å². The van der Waals surface area contributed by atoms with Gasteiger partial charge in [-0.2, -0.15) is 5.26 Å². The number of allylic oxidation sites excluding steroid dienone is 3. The molecule has 2 aliphatic heterocycles. The van der Waals surface area contributed by atoms with Crippen LogP contribution in [0.3, 0.4) is 0 Å². The first-order chi connectivity index (χ1) is 30.6. The number of hydrogen-bond acceptors (Lipinski definition) is 5. The Labute approximate surface area is 360 Å². The predicted molar refractivity (Wildman–Crippen MR) is 254 cm³/mol. The van der Waals surface area contributed by atoms with Crippen LogP contribution in [0.25, 0.3) is 49.4 Å². The second kappa shape index (κ2) is 15.4. The largest absolute Gasteiger partial charge is 0.488 e. The minimum absolute atomic E-state index is 0.461. The number of nitrogens with zero attached hydrogens (tertiary/aromatic N) is 3. The Morgan fingerprint density at radius 3 is 1.98 bits per heavy atom. The fraction of sp³-hybridized carbons (Fsp3) is 0.0351. The molecule has 5 heteroatoms. The summed E-state index contributed by atoms with van der Waals surface area (Å²) < 4.78 is 13.4. The number of ether oxygens (including phenoxy) is 2. The van der Waals surface area contributed by atoms with Gasteiger partial charge in [-0.15, -0.1) is 0 Å². The summed E-state index contributed by atoms with van der Waals surface area (Å²) in [5.41, 5.74) is 13.1. The lowest BCUT2D eigenvalue weighted by Gasteiger charge is -2.30. The lowest BCUT2D eigenvalue weighted by atomic mass is 9.88. The molecule has 0 aromatic heterocycles. The van der Waals surface area contributed by atoms with Gasteiger partial charge in [0.1, 0.15) is 23.9 Å². The highest BCUT2D eigenvalue weighted by molar-refractivity contribution is 6.12. The molecule has 2 aliphatic rings. The van der Waals surface area contributed by atoms with E-state index >= 15 is 0 Å². The average molecular weight is 798 g/mol. The monoisotopic (exact) mass is 797 g/mol. The number of benzene rings is 9. The van der Waals surface area contributed by atoms with E-state index < -0.39 is 0 Å². The quantitative estimate of drug-likeness (QED) is 0.153. The molecule has 0 spiro atoms. The van der Waals surface area contributed by atoms with Crippen molar-refractivity contribution in [1.29, 1.82) is 5.26 Å². The molecular formula is C57H39N3O2. The molecule has 2 heterocycles. The van der Waals surface area contributed by atoms with Crippen molar-refractivity contribution in [2.24, 2.45) is 0 Å². The third kappa shape index (κ3) is 6.43. The Morgan fingerprint density at radius 2 is 1.19 bits per heavy atom. The van der Waals surface area contributed by atoms with E-state index in [0.717, 1.165) is 95.5 Å². The molecule has 62 heavy (non-hydrogen) atoms. The summed E-state index contributed by atoms with van der Waals surface area (Å²) in [5, 5.41) is 14.4. The molecule has 0 N–H and O–H groups in total. The van der Waals surface area contributed by atoms with Gasteiger partial charge in [-0.25, -0.2) is 0 Å². The van der Waals surface area contributed by atoms with E-state index in [4.69, 9.17) is 9.47 Å². The zero-order valence-electron chi connectivity index (χ0n) is 34.0. The van der Waals surface area contributed by atoms with Crippen LogP contribution in [-0.4, -0.2) is 6.61 Å². The van der Waals surface area contributed by atoms with Crippen molar-refractivity contribution in [2.75, 3.05) is 16.4 Å². The molecule has 0 saturated carbocycles. The van der Waals surface area contributed by atoms with Crippen LogP contribution in [0.5, 0.6) is 17.2 Å². The van der Waals surface area contributed by atoms with Gasteiger partial charge in [-0.3, -0.25) is 0 Å². The Kier molecular flexibility index (Phi) is 9.10. The minimum atomic E-state index is 0.461. The van der Waals surface area contributed by atoms with E-state index in [1.807, 2.05) is 54.6 Å². The maximum absolute atomic E-state index is 9.89. The number of anilines is 5. The van der Waals surface area contributed by atoms with E-state index in [-0.39, 0.29) is 0 Å². The van der Waals surface area contributed by atoms with Crippen LogP contribution in [0.1, 0.15) is 18.1 Å². The van der Waals surface area contributed by atoms with Gasteiger partial charge in [-0.05, 0) is 131 Å². The minimum Gasteiger partial charge on any atom is -0.488 e. The van der Waals surface area contributed by atoms with Gasteiger partial charge in [0.2, 0.25) is 0 Å². The van der Waals surface area contributed by atoms with Crippen LogP contribution in [0.15, 0.2) is 212 Å². The van der Waals surface area contributed by atoms with Gasteiger partial charge in [0, 0.05) is 56.4 Å². The molecule has 9 aromatic rings. The summed E-state index contributed by atoms with van der Waals surface area (Å²) >= 11 is 0. The highest BCUT2D eigenvalue weighted by atomic mass is 16.5. The fourth-order valence-corrected chi connectivity index (χ4v) is 8.98. The van der Waals surface area contributed by atoms with Gasteiger partial charge in [0.25, 0.3) is 0 Å². The molecule has 0 atom stereocenters. The summed E-state index contributed by atoms with van der Waals surface area (Å²) in [6, 6.07) is 69.4. The van der Waals surface area contributed by atoms with E-state index in [9.17, 15) is 5.26 Å². The fourth-order valence-electron chi connectivity index (χ4n) is 8.98. The van der Waals surface area contributed by atoms with Gasteiger partial charge >= 0.3 is 0 Å². The van der Waals surface area contributed by atoms with Crippen molar-refractivity contribution >= 4 is 55.6 Å². The molecule has 11 rings (SSSR count). The number of rotatable bonds is 8. The molecule has 0 amide bonds. The summed E-state index contributed by atoms with van der Waals surface area (Å²) in [6.45, 7) is 2.62. The molecule has 294 valence electrons. The van der Waals surface area contributed by atoms with Gasteiger partial charge in [0.15, 0.2) is 0 Å². The molecule has 0 radical (unpaired) electrons. The molecule has 0 saturated heterocycles. The number of hydrogen-bond donors (Lipinski definition) is 0. The van der Waals surface area contributed by atoms with Crippen LogP contribution in [0.2, 0.25) is 0 Å². The van der Waals surface area contributed by atoms with Crippen molar-refractivity contribution < 1.29 is 9.47 Å². The molecule has 9 aromatic carbocycles.